The number of unbranched alkanes of at least 4 members (excludes halogenated alkanes) is 3. The molecule has 0 aromatic heterocycles. The highest BCUT2D eigenvalue weighted by Crippen LogP contribution is 2.15. The van der Waals surface area contributed by atoms with Crippen LogP contribution < -0.4 is 0 Å². The van der Waals surface area contributed by atoms with Gasteiger partial charge >= 0.3 is 0 Å². The van der Waals surface area contributed by atoms with E-state index in [1.165, 1.54) is 38.5 Å². The molecule has 1 unspecified atom stereocenters. The summed E-state index contributed by atoms with van der Waals surface area (Å²) in [6.07, 6.45) is 8.12. The van der Waals surface area contributed by atoms with E-state index in [1.807, 2.05) is 0 Å². The number of alkyl halides is 2. The van der Waals surface area contributed by atoms with Crippen LogP contribution in [0.2, 0.25) is 0 Å². The van der Waals surface area contributed by atoms with Crippen molar-refractivity contribution in [2.24, 2.45) is 0 Å². The number of rotatable bonds is 7. The van der Waals surface area contributed by atoms with Gasteiger partial charge in [0.05, 0.1) is 0 Å². The molecule has 11 heavy (non-hydrogen) atoms. The maximum absolute atomic E-state index is 3.66. The molecule has 0 aliphatic carbocycles. The molecule has 0 N–H and O–H groups in total. The number of hydrogen-bond donors (Lipinski definition) is 0. The third-order valence-electron chi connectivity index (χ3n) is 1.79. The van der Waals surface area contributed by atoms with E-state index in [1.54, 1.807) is 0 Å². The van der Waals surface area contributed by atoms with Gasteiger partial charge in [-0.25, -0.2) is 0 Å². The minimum absolute atomic E-state index is 0.735. The maximum Gasteiger partial charge on any atom is 0.0153 e. The van der Waals surface area contributed by atoms with Crippen molar-refractivity contribution < 1.29 is 0 Å². The Balaban J connectivity index is 2.97. The first-order chi connectivity index (χ1) is 5.31. The van der Waals surface area contributed by atoms with Crippen molar-refractivity contribution >= 4 is 31.9 Å². The minimum Gasteiger partial charge on any atom is -0.0928 e. The Labute approximate surface area is 87.4 Å². The summed E-state index contributed by atoms with van der Waals surface area (Å²) in [5, 5.41) is 1.12. The molecule has 68 valence electrons. The van der Waals surface area contributed by atoms with Gasteiger partial charge in [0.25, 0.3) is 0 Å². The molecule has 0 bridgehead atoms. The van der Waals surface area contributed by atoms with Gasteiger partial charge in [0.15, 0.2) is 0 Å². The van der Waals surface area contributed by atoms with Crippen LogP contribution in [-0.2, 0) is 0 Å². The largest absolute Gasteiger partial charge is 0.0928 e. The van der Waals surface area contributed by atoms with Crippen LogP contribution in [0.1, 0.15) is 45.4 Å². The quantitative estimate of drug-likeness (QED) is 0.477. The van der Waals surface area contributed by atoms with Crippen molar-refractivity contribution in [3.05, 3.63) is 0 Å². The molecule has 0 aliphatic rings. The summed E-state index contributed by atoms with van der Waals surface area (Å²) in [6.45, 7) is 2.25. The van der Waals surface area contributed by atoms with Gasteiger partial charge in [-0.1, -0.05) is 64.5 Å². The molecule has 0 spiro atoms. The monoisotopic (exact) mass is 284 g/mol. The van der Waals surface area contributed by atoms with Gasteiger partial charge in [-0.3, -0.25) is 0 Å². The van der Waals surface area contributed by atoms with Crippen molar-refractivity contribution in [1.82, 2.24) is 0 Å². The predicted molar refractivity (Wildman–Crippen MR) is 59.9 cm³/mol. The second-order valence-corrected chi connectivity index (χ2v) is 5.01. The molecule has 0 aromatic carbocycles. The van der Waals surface area contributed by atoms with Crippen LogP contribution in [0.3, 0.4) is 0 Å². The van der Waals surface area contributed by atoms with E-state index in [9.17, 15) is 0 Å². The topological polar surface area (TPSA) is 0 Å². The summed E-state index contributed by atoms with van der Waals surface area (Å²) in [4.78, 5) is 0.735. The molecule has 0 amide bonds. The van der Waals surface area contributed by atoms with Crippen molar-refractivity contribution in [3.63, 3.8) is 0 Å². The van der Waals surface area contributed by atoms with Crippen LogP contribution in [0.4, 0.5) is 0 Å². The van der Waals surface area contributed by atoms with Gasteiger partial charge in [0, 0.05) is 10.2 Å². The first kappa shape index (κ1) is 12.0. The average molecular weight is 286 g/mol. The van der Waals surface area contributed by atoms with E-state index in [0.717, 1.165) is 10.2 Å². The van der Waals surface area contributed by atoms with E-state index in [0.29, 0.717) is 0 Å². The Morgan fingerprint density at radius 3 is 2.36 bits per heavy atom. The van der Waals surface area contributed by atoms with Crippen LogP contribution >= 0.6 is 31.9 Å². The summed E-state index contributed by atoms with van der Waals surface area (Å²) in [7, 11) is 0. The highest BCUT2D eigenvalue weighted by molar-refractivity contribution is 9.10. The second kappa shape index (κ2) is 9.05. The first-order valence-corrected chi connectivity index (χ1v) is 6.55. The highest BCUT2D eigenvalue weighted by atomic mass is 79.9. The highest BCUT2D eigenvalue weighted by Gasteiger charge is 2.01. The van der Waals surface area contributed by atoms with Crippen LogP contribution in [-0.4, -0.2) is 10.2 Å². The zero-order valence-corrected chi connectivity index (χ0v) is 10.5. The summed E-state index contributed by atoms with van der Waals surface area (Å²) in [5.41, 5.74) is 0. The van der Waals surface area contributed by atoms with Crippen molar-refractivity contribution in [1.29, 1.82) is 0 Å². The second-order valence-electron chi connectivity index (χ2n) is 2.92. The van der Waals surface area contributed by atoms with Gasteiger partial charge in [-0.15, -0.1) is 0 Å². The summed E-state index contributed by atoms with van der Waals surface area (Å²) in [5.74, 6) is 0. The summed E-state index contributed by atoms with van der Waals surface area (Å²) in [6, 6.07) is 0. The number of halogens is 2. The lowest BCUT2D eigenvalue weighted by Crippen LogP contribution is -1.97. The average Bonchev–Trinajstić information content (AvgIpc) is 1.99. The molecule has 0 saturated carbocycles. The SMILES string of the molecule is CCCCCCC(Br)CCBr. The molecule has 0 radical (unpaired) electrons. The van der Waals surface area contributed by atoms with Crippen molar-refractivity contribution in [3.8, 4) is 0 Å². The first-order valence-electron chi connectivity index (χ1n) is 4.51. The Hall–Kier alpha value is 0.960. The molecule has 0 aromatic rings. The van der Waals surface area contributed by atoms with Gasteiger partial charge in [-0.2, -0.15) is 0 Å². The predicted octanol–water partition coefficient (Wildman–Crippen LogP) is 4.51. The summed E-state index contributed by atoms with van der Waals surface area (Å²) >= 11 is 7.10. The fourth-order valence-electron chi connectivity index (χ4n) is 1.06. The molecular weight excluding hydrogens is 268 g/mol. The van der Waals surface area contributed by atoms with Gasteiger partial charge in [0.1, 0.15) is 0 Å². The molecule has 0 heterocycles. The Kier molecular flexibility index (Phi) is 9.84. The molecule has 0 fully saturated rings. The van der Waals surface area contributed by atoms with E-state index < -0.39 is 0 Å². The maximum atomic E-state index is 3.66. The van der Waals surface area contributed by atoms with Crippen LogP contribution in [0.5, 0.6) is 0 Å². The van der Waals surface area contributed by atoms with Crippen molar-refractivity contribution in [2.45, 2.75) is 50.3 Å². The standard InChI is InChI=1S/C9H18Br2/c1-2-3-4-5-6-9(11)7-8-10/h9H,2-8H2,1H3. The normalized spacial score (nSPS) is 13.4. The van der Waals surface area contributed by atoms with Crippen molar-refractivity contribution in [2.75, 3.05) is 5.33 Å². The zero-order chi connectivity index (χ0) is 8.53. The Morgan fingerprint density at radius 2 is 1.82 bits per heavy atom. The van der Waals surface area contributed by atoms with E-state index in [2.05, 4.69) is 38.8 Å². The fourth-order valence-corrected chi connectivity index (χ4v) is 2.78. The Morgan fingerprint density at radius 1 is 1.09 bits per heavy atom. The number of hydrogen-bond acceptors (Lipinski definition) is 0. The lowest BCUT2D eigenvalue weighted by Gasteiger charge is -2.06. The van der Waals surface area contributed by atoms with E-state index in [4.69, 9.17) is 0 Å². The third kappa shape index (κ3) is 8.87. The van der Waals surface area contributed by atoms with Crippen LogP contribution in [0, 0.1) is 0 Å². The lowest BCUT2D eigenvalue weighted by atomic mass is 10.1. The third-order valence-corrected chi connectivity index (χ3v) is 3.17. The molecular formula is C9H18Br2. The molecule has 0 nitrogen and oxygen atoms in total. The molecule has 0 saturated heterocycles. The fraction of sp³-hybridized carbons (Fsp3) is 1.00. The van der Waals surface area contributed by atoms with Gasteiger partial charge in [0.2, 0.25) is 0 Å². The van der Waals surface area contributed by atoms with Crippen LogP contribution in [0.25, 0.3) is 0 Å². The zero-order valence-electron chi connectivity index (χ0n) is 7.28. The van der Waals surface area contributed by atoms with Gasteiger partial charge < -0.3 is 0 Å². The molecule has 1 atom stereocenters. The summed E-state index contributed by atoms with van der Waals surface area (Å²) < 4.78 is 0. The Bertz CT molecular complexity index is 74.0. The molecule has 0 rings (SSSR count). The lowest BCUT2D eigenvalue weighted by molar-refractivity contribution is 0.616. The van der Waals surface area contributed by atoms with Gasteiger partial charge in [-0.05, 0) is 12.8 Å². The minimum atomic E-state index is 0.735. The smallest absolute Gasteiger partial charge is 0.0153 e. The molecule has 2 heteroatoms. The molecule has 0 aliphatic heterocycles. The van der Waals surface area contributed by atoms with E-state index >= 15 is 0 Å². The van der Waals surface area contributed by atoms with E-state index in [-0.39, 0.29) is 0 Å². The van der Waals surface area contributed by atoms with Crippen LogP contribution in [0.15, 0.2) is 0 Å².